The molecule has 0 aliphatic heterocycles. The van der Waals surface area contributed by atoms with Gasteiger partial charge < -0.3 is 15.7 Å². The Balaban J connectivity index is 3.92. The third-order valence-corrected chi connectivity index (χ3v) is 1.94. The molecule has 1 atom stereocenters. The van der Waals surface area contributed by atoms with E-state index in [0.717, 1.165) is 0 Å². The van der Waals surface area contributed by atoms with Gasteiger partial charge in [0, 0.05) is 6.54 Å². The lowest BCUT2D eigenvalue weighted by Gasteiger charge is -2.13. The van der Waals surface area contributed by atoms with Gasteiger partial charge in [-0.3, -0.25) is 4.79 Å². The maximum Gasteiger partial charge on any atom is 0.405 e. The zero-order valence-corrected chi connectivity index (χ0v) is 9.30. The summed E-state index contributed by atoms with van der Waals surface area (Å²) in [5.74, 6) is -1.86. The first-order valence-electron chi connectivity index (χ1n) is 5.07. The average Bonchev–Trinajstić information content (AvgIpc) is 2.19. The van der Waals surface area contributed by atoms with E-state index < -0.39 is 30.6 Å². The lowest BCUT2D eigenvalue weighted by Crippen LogP contribution is -2.43. The number of amides is 2. The molecule has 0 rings (SSSR count). The van der Waals surface area contributed by atoms with Gasteiger partial charge in [0.2, 0.25) is 0 Å². The van der Waals surface area contributed by atoms with E-state index in [1.54, 1.807) is 12.2 Å². The van der Waals surface area contributed by atoms with Crippen LogP contribution in [0, 0.1) is 5.92 Å². The molecule has 8 heteroatoms. The van der Waals surface area contributed by atoms with Crippen LogP contribution in [0.5, 0.6) is 0 Å². The number of halogens is 3. The predicted octanol–water partition coefficient (Wildman–Crippen LogP) is 1.35. The highest BCUT2D eigenvalue weighted by molar-refractivity contribution is 5.75. The summed E-state index contributed by atoms with van der Waals surface area (Å²) in [5.41, 5.74) is 0. The van der Waals surface area contributed by atoms with Crippen molar-refractivity contribution in [3.05, 3.63) is 0 Å². The van der Waals surface area contributed by atoms with Crippen LogP contribution in [-0.4, -0.2) is 36.4 Å². The molecule has 17 heavy (non-hydrogen) atoms. The summed E-state index contributed by atoms with van der Waals surface area (Å²) in [6.45, 7) is 0.150. The summed E-state index contributed by atoms with van der Waals surface area (Å²) < 4.78 is 35.2. The van der Waals surface area contributed by atoms with Crippen molar-refractivity contribution in [1.82, 2.24) is 10.6 Å². The highest BCUT2D eigenvalue weighted by atomic mass is 19.4. The van der Waals surface area contributed by atoms with Crippen molar-refractivity contribution in [2.24, 2.45) is 5.92 Å². The summed E-state index contributed by atoms with van der Waals surface area (Å²) in [6, 6.07) is -1.02. The zero-order valence-electron chi connectivity index (χ0n) is 9.30. The summed E-state index contributed by atoms with van der Waals surface area (Å²) >= 11 is 0. The van der Waals surface area contributed by atoms with Crippen LogP contribution >= 0.6 is 0 Å². The maximum atomic E-state index is 11.7. The Labute approximate surface area is 96.4 Å². The van der Waals surface area contributed by atoms with E-state index >= 15 is 0 Å². The monoisotopic (exact) mass is 256 g/mol. The average molecular weight is 256 g/mol. The van der Waals surface area contributed by atoms with E-state index in [4.69, 9.17) is 5.11 Å². The molecule has 0 spiro atoms. The molecular weight excluding hydrogens is 241 g/mol. The number of aliphatic carboxylic acids is 1. The Hall–Kier alpha value is -1.47. The van der Waals surface area contributed by atoms with E-state index in [1.165, 1.54) is 0 Å². The first kappa shape index (κ1) is 15.5. The second kappa shape index (κ2) is 6.97. The molecule has 100 valence electrons. The molecule has 2 amide bonds. The fourth-order valence-electron chi connectivity index (χ4n) is 1.12. The van der Waals surface area contributed by atoms with Gasteiger partial charge in [-0.15, -0.1) is 0 Å². The van der Waals surface area contributed by atoms with Crippen molar-refractivity contribution in [1.29, 1.82) is 0 Å². The second-order valence-electron chi connectivity index (χ2n) is 3.50. The van der Waals surface area contributed by atoms with Crippen LogP contribution in [0.25, 0.3) is 0 Å². The molecular formula is C9H15F3N2O3. The Bertz CT molecular complexity index is 269. The maximum absolute atomic E-state index is 11.7. The Morgan fingerprint density at radius 3 is 2.29 bits per heavy atom. The number of rotatable bonds is 6. The van der Waals surface area contributed by atoms with Crippen LogP contribution < -0.4 is 10.6 Å². The number of carbonyl (C=O) groups is 2. The molecule has 5 nitrogen and oxygen atoms in total. The first-order chi connectivity index (χ1) is 7.76. The van der Waals surface area contributed by atoms with Gasteiger partial charge >= 0.3 is 18.2 Å². The summed E-state index contributed by atoms with van der Waals surface area (Å²) in [7, 11) is 0. The first-order valence-corrected chi connectivity index (χ1v) is 5.07. The molecule has 0 heterocycles. The van der Waals surface area contributed by atoms with E-state index in [-0.39, 0.29) is 6.54 Å². The highest BCUT2D eigenvalue weighted by Gasteiger charge is 2.27. The molecule has 0 aromatic heterocycles. The number of hydrogen-bond acceptors (Lipinski definition) is 2. The fourth-order valence-corrected chi connectivity index (χ4v) is 1.12. The lowest BCUT2D eigenvalue weighted by atomic mass is 10.0. The fraction of sp³-hybridized carbons (Fsp3) is 0.778. The van der Waals surface area contributed by atoms with Gasteiger partial charge in [0.25, 0.3) is 0 Å². The van der Waals surface area contributed by atoms with Crippen LogP contribution in [0.4, 0.5) is 18.0 Å². The molecule has 0 aromatic rings. The van der Waals surface area contributed by atoms with Crippen molar-refractivity contribution in [3.63, 3.8) is 0 Å². The number of hydrogen-bond donors (Lipinski definition) is 3. The number of alkyl halides is 3. The van der Waals surface area contributed by atoms with E-state index in [1.807, 2.05) is 0 Å². The molecule has 0 saturated carbocycles. The molecule has 1 unspecified atom stereocenters. The SMILES string of the molecule is CCCC(CNC(=O)NCC(F)(F)F)C(=O)O. The standard InChI is InChI=1S/C9H15F3N2O3/c1-2-3-6(7(15)16)4-13-8(17)14-5-9(10,11)12/h6H,2-5H2,1H3,(H,15,16)(H2,13,14,17). The van der Waals surface area contributed by atoms with Gasteiger partial charge in [-0.25, -0.2) is 4.79 Å². The zero-order chi connectivity index (χ0) is 13.5. The normalized spacial score (nSPS) is 12.9. The number of carbonyl (C=O) groups excluding carboxylic acids is 1. The quantitative estimate of drug-likeness (QED) is 0.671. The van der Waals surface area contributed by atoms with Crippen molar-refractivity contribution in [2.45, 2.75) is 25.9 Å². The molecule has 0 radical (unpaired) electrons. The summed E-state index contributed by atoms with van der Waals surface area (Å²) in [4.78, 5) is 21.6. The van der Waals surface area contributed by atoms with Gasteiger partial charge in [-0.1, -0.05) is 13.3 Å². The molecule has 0 aromatic carbocycles. The highest BCUT2D eigenvalue weighted by Crippen LogP contribution is 2.12. The largest absolute Gasteiger partial charge is 0.481 e. The lowest BCUT2D eigenvalue weighted by molar-refractivity contribution is -0.141. The third kappa shape index (κ3) is 8.35. The van der Waals surface area contributed by atoms with Crippen LogP contribution in [0.15, 0.2) is 0 Å². The summed E-state index contributed by atoms with van der Waals surface area (Å²) in [6.07, 6.45) is -3.51. The molecule has 0 aliphatic rings. The van der Waals surface area contributed by atoms with Crippen LogP contribution in [0.3, 0.4) is 0 Å². The second-order valence-corrected chi connectivity index (χ2v) is 3.50. The molecule has 0 bridgehead atoms. The minimum absolute atomic E-state index is 0.188. The van der Waals surface area contributed by atoms with Gasteiger partial charge in [-0.05, 0) is 6.42 Å². The van der Waals surface area contributed by atoms with Crippen LogP contribution in [0.2, 0.25) is 0 Å². The molecule has 0 fully saturated rings. The Morgan fingerprint density at radius 1 is 1.29 bits per heavy atom. The number of nitrogens with one attached hydrogen (secondary N) is 2. The smallest absolute Gasteiger partial charge is 0.405 e. The van der Waals surface area contributed by atoms with Gasteiger partial charge in [0.15, 0.2) is 0 Å². The topological polar surface area (TPSA) is 78.4 Å². The van der Waals surface area contributed by atoms with Crippen molar-refractivity contribution >= 4 is 12.0 Å². The molecule has 0 aliphatic carbocycles. The van der Waals surface area contributed by atoms with E-state index in [0.29, 0.717) is 12.8 Å². The minimum Gasteiger partial charge on any atom is -0.481 e. The minimum atomic E-state index is -4.48. The van der Waals surface area contributed by atoms with E-state index in [2.05, 4.69) is 5.32 Å². The van der Waals surface area contributed by atoms with E-state index in [9.17, 15) is 22.8 Å². The van der Waals surface area contributed by atoms with Gasteiger partial charge in [0.05, 0.1) is 5.92 Å². The van der Waals surface area contributed by atoms with Crippen molar-refractivity contribution < 1.29 is 27.9 Å². The number of carboxylic acids is 1. The predicted molar refractivity (Wildman–Crippen MR) is 53.5 cm³/mol. The van der Waals surface area contributed by atoms with Gasteiger partial charge in [-0.2, -0.15) is 13.2 Å². The number of carboxylic acid groups (broad SMARTS) is 1. The molecule has 0 saturated heterocycles. The number of urea groups is 1. The van der Waals surface area contributed by atoms with Crippen molar-refractivity contribution in [2.75, 3.05) is 13.1 Å². The van der Waals surface area contributed by atoms with Crippen LogP contribution in [0.1, 0.15) is 19.8 Å². The Morgan fingerprint density at radius 2 is 1.88 bits per heavy atom. The Kier molecular flexibility index (Phi) is 6.37. The third-order valence-electron chi connectivity index (χ3n) is 1.94. The van der Waals surface area contributed by atoms with Crippen LogP contribution in [-0.2, 0) is 4.79 Å². The molecule has 3 N–H and O–H groups in total. The summed E-state index contributed by atoms with van der Waals surface area (Å²) in [5, 5.41) is 12.4. The van der Waals surface area contributed by atoms with Crippen molar-refractivity contribution in [3.8, 4) is 0 Å². The van der Waals surface area contributed by atoms with Gasteiger partial charge in [0.1, 0.15) is 6.54 Å².